The molecular weight excluding hydrogens is 258 g/mol. The number of imide groups is 1. The topological polar surface area (TPSA) is 74.7 Å². The number of piperidine rings is 1. The van der Waals surface area contributed by atoms with Gasteiger partial charge < -0.3 is 5.11 Å². The van der Waals surface area contributed by atoms with Crippen molar-refractivity contribution in [2.45, 2.75) is 64.8 Å². The molecule has 2 rings (SSSR count). The van der Waals surface area contributed by atoms with Gasteiger partial charge >= 0.3 is 5.97 Å². The van der Waals surface area contributed by atoms with Crippen LogP contribution in [0.1, 0.15) is 58.8 Å². The predicted molar refractivity (Wildman–Crippen MR) is 72.9 cm³/mol. The molecule has 2 fully saturated rings. The zero-order valence-corrected chi connectivity index (χ0v) is 12.2. The standard InChI is InChI=1S/C15H23NO4/c1-10(14(19)20)11(2)16-12(17)8-15(9-13(16)18)6-4-3-5-7-15/h10-11H,3-9H2,1-2H3,(H,19,20). The second kappa shape index (κ2) is 5.54. The highest BCUT2D eigenvalue weighted by Crippen LogP contribution is 2.45. The predicted octanol–water partition coefficient (Wildman–Crippen LogP) is 2.20. The molecule has 112 valence electrons. The van der Waals surface area contributed by atoms with E-state index in [1.54, 1.807) is 13.8 Å². The number of hydrogen-bond donors (Lipinski definition) is 1. The smallest absolute Gasteiger partial charge is 0.308 e. The number of rotatable bonds is 3. The van der Waals surface area contributed by atoms with Gasteiger partial charge in [-0.25, -0.2) is 0 Å². The highest BCUT2D eigenvalue weighted by Gasteiger charge is 2.46. The Labute approximate surface area is 119 Å². The summed E-state index contributed by atoms with van der Waals surface area (Å²) in [6.07, 6.45) is 6.04. The van der Waals surface area contributed by atoms with E-state index in [9.17, 15) is 14.4 Å². The number of amides is 2. The Morgan fingerprint density at radius 1 is 1.10 bits per heavy atom. The van der Waals surface area contributed by atoms with Crippen molar-refractivity contribution >= 4 is 17.8 Å². The Balaban J connectivity index is 2.13. The molecule has 1 aliphatic heterocycles. The van der Waals surface area contributed by atoms with E-state index in [2.05, 4.69) is 0 Å². The Morgan fingerprint density at radius 2 is 1.60 bits per heavy atom. The summed E-state index contributed by atoms with van der Waals surface area (Å²) in [5, 5.41) is 9.05. The van der Waals surface area contributed by atoms with E-state index in [4.69, 9.17) is 5.11 Å². The molecule has 1 heterocycles. The maximum absolute atomic E-state index is 12.4. The third-order valence-electron chi connectivity index (χ3n) is 5.02. The summed E-state index contributed by atoms with van der Waals surface area (Å²) in [7, 11) is 0. The Hall–Kier alpha value is -1.39. The van der Waals surface area contributed by atoms with Crippen molar-refractivity contribution in [2.24, 2.45) is 11.3 Å². The van der Waals surface area contributed by atoms with Crippen LogP contribution in [-0.2, 0) is 14.4 Å². The molecule has 2 atom stereocenters. The van der Waals surface area contributed by atoms with Crippen LogP contribution in [0.15, 0.2) is 0 Å². The quantitative estimate of drug-likeness (QED) is 0.805. The Morgan fingerprint density at radius 3 is 2.05 bits per heavy atom. The number of carboxylic acids is 1. The lowest BCUT2D eigenvalue weighted by Crippen LogP contribution is -2.54. The number of carbonyl (C=O) groups is 3. The van der Waals surface area contributed by atoms with Gasteiger partial charge in [-0.3, -0.25) is 19.3 Å². The fraction of sp³-hybridized carbons (Fsp3) is 0.800. The highest BCUT2D eigenvalue weighted by molar-refractivity contribution is 5.99. The molecule has 2 unspecified atom stereocenters. The first-order valence-corrected chi connectivity index (χ1v) is 7.44. The van der Waals surface area contributed by atoms with Crippen LogP contribution >= 0.6 is 0 Å². The third-order valence-corrected chi connectivity index (χ3v) is 5.02. The summed E-state index contributed by atoms with van der Waals surface area (Å²) in [5.41, 5.74) is -0.144. The van der Waals surface area contributed by atoms with Gasteiger partial charge in [0.05, 0.1) is 5.92 Å². The van der Waals surface area contributed by atoms with Crippen molar-refractivity contribution in [3.8, 4) is 0 Å². The molecule has 0 aromatic rings. The minimum Gasteiger partial charge on any atom is -0.481 e. The minimum absolute atomic E-state index is 0.144. The van der Waals surface area contributed by atoms with Crippen LogP contribution in [0.5, 0.6) is 0 Å². The summed E-state index contributed by atoms with van der Waals surface area (Å²) < 4.78 is 0. The maximum atomic E-state index is 12.4. The first-order chi connectivity index (χ1) is 9.36. The van der Waals surface area contributed by atoms with Crippen LogP contribution in [0.2, 0.25) is 0 Å². The van der Waals surface area contributed by atoms with E-state index in [0.717, 1.165) is 25.7 Å². The summed E-state index contributed by atoms with van der Waals surface area (Å²) in [5.74, 6) is -2.09. The molecule has 0 radical (unpaired) electrons. The van der Waals surface area contributed by atoms with Crippen molar-refractivity contribution in [2.75, 3.05) is 0 Å². The monoisotopic (exact) mass is 281 g/mol. The molecule has 1 N–H and O–H groups in total. The molecule has 2 amide bonds. The number of nitrogens with zero attached hydrogens (tertiary/aromatic N) is 1. The number of carbonyl (C=O) groups excluding carboxylic acids is 2. The molecule has 0 aromatic heterocycles. The molecule has 20 heavy (non-hydrogen) atoms. The van der Waals surface area contributed by atoms with Crippen LogP contribution in [-0.4, -0.2) is 33.8 Å². The zero-order valence-electron chi connectivity index (χ0n) is 12.2. The number of likely N-dealkylation sites (tertiary alicyclic amines) is 1. The van der Waals surface area contributed by atoms with E-state index >= 15 is 0 Å². The fourth-order valence-corrected chi connectivity index (χ4v) is 3.55. The summed E-state index contributed by atoms with van der Waals surface area (Å²) in [6, 6.07) is -0.576. The van der Waals surface area contributed by atoms with Gasteiger partial charge in [0, 0.05) is 18.9 Å². The van der Waals surface area contributed by atoms with Gasteiger partial charge in [0.25, 0.3) is 0 Å². The summed E-state index contributed by atoms with van der Waals surface area (Å²) in [4.78, 5) is 37.0. The number of carboxylic acid groups (broad SMARTS) is 1. The van der Waals surface area contributed by atoms with E-state index in [1.807, 2.05) is 0 Å². The second-order valence-electron chi connectivity index (χ2n) is 6.44. The van der Waals surface area contributed by atoms with Gasteiger partial charge in [-0.1, -0.05) is 19.3 Å². The van der Waals surface area contributed by atoms with E-state index in [-0.39, 0.29) is 17.2 Å². The van der Waals surface area contributed by atoms with Gasteiger partial charge in [0.1, 0.15) is 0 Å². The van der Waals surface area contributed by atoms with Crippen LogP contribution in [0.3, 0.4) is 0 Å². The molecule has 0 aromatic carbocycles. The first kappa shape index (κ1) is 15.0. The molecule has 1 spiro atoms. The lowest BCUT2D eigenvalue weighted by molar-refractivity contribution is -0.160. The molecule has 5 nitrogen and oxygen atoms in total. The van der Waals surface area contributed by atoms with Crippen LogP contribution in [0.4, 0.5) is 0 Å². The lowest BCUT2D eigenvalue weighted by atomic mass is 9.67. The van der Waals surface area contributed by atoms with E-state index in [1.165, 1.54) is 11.3 Å². The maximum Gasteiger partial charge on any atom is 0.308 e. The highest BCUT2D eigenvalue weighted by atomic mass is 16.4. The van der Waals surface area contributed by atoms with Crippen LogP contribution < -0.4 is 0 Å². The van der Waals surface area contributed by atoms with Crippen LogP contribution in [0, 0.1) is 11.3 Å². The molecule has 1 saturated heterocycles. The van der Waals surface area contributed by atoms with Crippen molar-refractivity contribution in [3.05, 3.63) is 0 Å². The van der Waals surface area contributed by atoms with Crippen molar-refractivity contribution in [1.82, 2.24) is 4.90 Å². The van der Waals surface area contributed by atoms with Gasteiger partial charge in [0.15, 0.2) is 0 Å². The third kappa shape index (κ3) is 2.72. The summed E-state index contributed by atoms with van der Waals surface area (Å²) >= 11 is 0. The Bertz CT molecular complexity index is 406. The SMILES string of the molecule is CC(C(=O)O)C(C)N1C(=O)CC2(CCCCC2)CC1=O. The van der Waals surface area contributed by atoms with Crippen LogP contribution in [0.25, 0.3) is 0 Å². The second-order valence-corrected chi connectivity index (χ2v) is 6.44. The fourth-order valence-electron chi connectivity index (χ4n) is 3.55. The molecule has 2 aliphatic rings. The first-order valence-electron chi connectivity index (χ1n) is 7.44. The van der Waals surface area contributed by atoms with Crippen molar-refractivity contribution in [3.63, 3.8) is 0 Å². The largest absolute Gasteiger partial charge is 0.481 e. The number of hydrogen-bond acceptors (Lipinski definition) is 3. The zero-order chi connectivity index (χ0) is 14.9. The minimum atomic E-state index is -0.976. The number of aliphatic carboxylic acids is 1. The van der Waals surface area contributed by atoms with E-state index < -0.39 is 17.9 Å². The summed E-state index contributed by atoms with van der Waals surface area (Å²) in [6.45, 7) is 3.19. The van der Waals surface area contributed by atoms with Gasteiger partial charge in [-0.05, 0) is 32.1 Å². The molecule has 0 bridgehead atoms. The van der Waals surface area contributed by atoms with Gasteiger partial charge in [0.2, 0.25) is 11.8 Å². The normalized spacial score (nSPS) is 25.6. The molecule has 1 saturated carbocycles. The molecular formula is C15H23NO4. The average molecular weight is 281 g/mol. The molecule has 1 aliphatic carbocycles. The Kier molecular flexibility index (Phi) is 4.16. The lowest BCUT2D eigenvalue weighted by Gasteiger charge is -2.44. The van der Waals surface area contributed by atoms with Crippen molar-refractivity contribution in [1.29, 1.82) is 0 Å². The van der Waals surface area contributed by atoms with Crippen molar-refractivity contribution < 1.29 is 19.5 Å². The van der Waals surface area contributed by atoms with Gasteiger partial charge in [-0.15, -0.1) is 0 Å². The molecule has 5 heteroatoms. The van der Waals surface area contributed by atoms with E-state index in [0.29, 0.717) is 12.8 Å². The van der Waals surface area contributed by atoms with Gasteiger partial charge in [-0.2, -0.15) is 0 Å². The average Bonchev–Trinajstić information content (AvgIpc) is 2.37.